The second kappa shape index (κ2) is 6.69. The van der Waals surface area contributed by atoms with E-state index in [-0.39, 0.29) is 5.92 Å². The summed E-state index contributed by atoms with van der Waals surface area (Å²) in [7, 11) is 0. The lowest BCUT2D eigenvalue weighted by Gasteiger charge is -2.41. The third-order valence-corrected chi connectivity index (χ3v) is 4.68. The highest BCUT2D eigenvalue weighted by Gasteiger charge is 2.47. The van der Waals surface area contributed by atoms with Gasteiger partial charge in [-0.05, 0) is 49.4 Å². The molecule has 1 saturated carbocycles. The molecule has 0 spiro atoms. The van der Waals surface area contributed by atoms with Gasteiger partial charge in [0, 0.05) is 17.6 Å². The van der Waals surface area contributed by atoms with Crippen LogP contribution in [0.25, 0.3) is 0 Å². The largest absolute Gasteiger partial charge is 0.392 e. The molecule has 1 aromatic carbocycles. The lowest BCUT2D eigenvalue weighted by molar-refractivity contribution is -0.163. The number of rotatable bonds is 3. The first kappa shape index (κ1) is 16.8. The average molecular weight is 324 g/mol. The zero-order valence-corrected chi connectivity index (χ0v) is 14.0. The van der Waals surface area contributed by atoms with Crippen LogP contribution < -0.4 is 5.32 Å². The molecule has 0 bridgehead atoms. The van der Waals surface area contributed by atoms with Gasteiger partial charge in [0.15, 0.2) is 0 Å². The van der Waals surface area contributed by atoms with Crippen molar-refractivity contribution in [3.63, 3.8) is 0 Å². The van der Waals surface area contributed by atoms with E-state index in [0.717, 1.165) is 30.5 Å². The molecule has 1 aliphatic carbocycles. The maximum Gasteiger partial charge on any atom is 0.339 e. The Bertz CT molecular complexity index is 587. The molecular weight excluding hydrogens is 302 g/mol. The van der Waals surface area contributed by atoms with Gasteiger partial charge in [0.05, 0.1) is 0 Å². The van der Waals surface area contributed by atoms with Crippen LogP contribution in [-0.2, 0) is 14.3 Å². The molecule has 2 unspecified atom stereocenters. The van der Waals surface area contributed by atoms with Crippen LogP contribution in [-0.4, -0.2) is 17.5 Å². The number of nitrogens with one attached hydrogen (secondary N) is 1. The lowest BCUT2D eigenvalue weighted by Crippen LogP contribution is -2.54. The van der Waals surface area contributed by atoms with E-state index in [0.29, 0.717) is 11.4 Å². The molecule has 120 valence electrons. The summed E-state index contributed by atoms with van der Waals surface area (Å²) in [5, 5.41) is 4.01. The van der Waals surface area contributed by atoms with Gasteiger partial charge in [-0.1, -0.05) is 31.4 Å². The first-order valence-corrected chi connectivity index (χ1v) is 8.00. The number of ether oxygens (including phenoxy) is 1. The standard InChI is InChI=1S/C17H22ClNO3/c1-11-10-14(18)7-8-15(11)19-17(16(21)22-13(3)20)9-5-4-6-12(17)2/h7-8,10,12,19H,4-6,9H2,1-3H3. The monoisotopic (exact) mass is 323 g/mol. The minimum atomic E-state index is -0.859. The van der Waals surface area contributed by atoms with Crippen molar-refractivity contribution < 1.29 is 14.3 Å². The number of hydrogen-bond acceptors (Lipinski definition) is 4. The number of anilines is 1. The third-order valence-electron chi connectivity index (χ3n) is 4.45. The Labute approximate surface area is 136 Å². The van der Waals surface area contributed by atoms with Crippen molar-refractivity contribution in [2.24, 2.45) is 5.92 Å². The third kappa shape index (κ3) is 3.43. The summed E-state index contributed by atoms with van der Waals surface area (Å²) in [4.78, 5) is 23.8. The number of hydrogen-bond donors (Lipinski definition) is 1. The summed E-state index contributed by atoms with van der Waals surface area (Å²) in [6.07, 6.45) is 3.59. The van der Waals surface area contributed by atoms with Crippen LogP contribution in [0.4, 0.5) is 5.69 Å². The molecule has 1 N–H and O–H groups in total. The lowest BCUT2D eigenvalue weighted by atomic mass is 9.73. The van der Waals surface area contributed by atoms with E-state index in [4.69, 9.17) is 16.3 Å². The first-order valence-electron chi connectivity index (χ1n) is 7.62. The Morgan fingerprint density at radius 3 is 2.68 bits per heavy atom. The molecule has 1 fully saturated rings. The Balaban J connectivity index is 2.35. The molecule has 0 aromatic heterocycles. The molecular formula is C17H22ClNO3. The van der Waals surface area contributed by atoms with Crippen molar-refractivity contribution in [3.8, 4) is 0 Å². The molecule has 2 rings (SSSR count). The highest BCUT2D eigenvalue weighted by molar-refractivity contribution is 6.30. The van der Waals surface area contributed by atoms with Crippen LogP contribution in [0.3, 0.4) is 0 Å². The molecule has 0 saturated heterocycles. The number of aryl methyl sites for hydroxylation is 1. The number of esters is 2. The highest BCUT2D eigenvalue weighted by Crippen LogP contribution is 2.38. The van der Waals surface area contributed by atoms with Crippen molar-refractivity contribution in [2.75, 3.05) is 5.32 Å². The van der Waals surface area contributed by atoms with Gasteiger partial charge in [0.25, 0.3) is 0 Å². The van der Waals surface area contributed by atoms with Crippen molar-refractivity contribution in [2.45, 2.75) is 52.0 Å². The predicted octanol–water partition coefficient (Wildman–Crippen LogP) is 4.10. The van der Waals surface area contributed by atoms with E-state index < -0.39 is 17.5 Å². The molecule has 4 nitrogen and oxygen atoms in total. The first-order chi connectivity index (χ1) is 10.3. The molecule has 5 heteroatoms. The fourth-order valence-corrected chi connectivity index (χ4v) is 3.34. The number of halogens is 1. The molecule has 1 aromatic rings. The quantitative estimate of drug-likeness (QED) is 0.672. The van der Waals surface area contributed by atoms with Crippen molar-refractivity contribution in [1.29, 1.82) is 0 Å². The summed E-state index contributed by atoms with van der Waals surface area (Å²) in [5.74, 6) is -0.971. The van der Waals surface area contributed by atoms with Crippen LogP contribution in [0.15, 0.2) is 18.2 Å². The molecule has 0 heterocycles. The Kier molecular flexibility index (Phi) is 5.12. The molecule has 1 aliphatic rings. The molecule has 2 atom stereocenters. The zero-order valence-electron chi connectivity index (χ0n) is 13.2. The second-order valence-corrected chi connectivity index (χ2v) is 6.52. The van der Waals surface area contributed by atoms with E-state index in [1.165, 1.54) is 6.92 Å². The zero-order chi connectivity index (χ0) is 16.3. The van der Waals surface area contributed by atoms with Gasteiger partial charge in [-0.2, -0.15) is 0 Å². The Morgan fingerprint density at radius 1 is 1.36 bits per heavy atom. The maximum atomic E-state index is 12.6. The predicted molar refractivity (Wildman–Crippen MR) is 86.9 cm³/mol. The van der Waals surface area contributed by atoms with Gasteiger partial charge in [-0.25, -0.2) is 4.79 Å². The number of carbonyl (C=O) groups is 2. The smallest absolute Gasteiger partial charge is 0.339 e. The van der Waals surface area contributed by atoms with Crippen LogP contribution in [0.5, 0.6) is 0 Å². The summed E-state index contributed by atoms with van der Waals surface area (Å²) < 4.78 is 4.93. The molecule has 0 radical (unpaired) electrons. The van der Waals surface area contributed by atoms with Crippen molar-refractivity contribution in [3.05, 3.63) is 28.8 Å². The second-order valence-electron chi connectivity index (χ2n) is 6.08. The van der Waals surface area contributed by atoms with Gasteiger partial charge >= 0.3 is 11.9 Å². The van der Waals surface area contributed by atoms with Crippen molar-refractivity contribution >= 4 is 29.2 Å². The van der Waals surface area contributed by atoms with E-state index >= 15 is 0 Å². The molecule has 0 aliphatic heterocycles. The summed E-state index contributed by atoms with van der Waals surface area (Å²) in [6, 6.07) is 5.50. The SMILES string of the molecule is CC(=O)OC(=O)C1(Nc2ccc(Cl)cc2C)CCCCC1C. The van der Waals surface area contributed by atoms with Crippen LogP contribution >= 0.6 is 11.6 Å². The number of benzene rings is 1. The van der Waals surface area contributed by atoms with Crippen molar-refractivity contribution in [1.82, 2.24) is 0 Å². The van der Waals surface area contributed by atoms with Crippen LogP contribution in [0.1, 0.15) is 45.1 Å². The van der Waals surface area contributed by atoms with E-state index in [9.17, 15) is 9.59 Å². The summed E-state index contributed by atoms with van der Waals surface area (Å²) >= 11 is 5.99. The summed E-state index contributed by atoms with van der Waals surface area (Å²) in [6.45, 7) is 5.22. The fraction of sp³-hybridized carbons (Fsp3) is 0.529. The van der Waals surface area contributed by atoms with E-state index in [2.05, 4.69) is 5.32 Å². The molecule has 0 amide bonds. The highest BCUT2D eigenvalue weighted by atomic mass is 35.5. The van der Waals surface area contributed by atoms with Crippen LogP contribution in [0, 0.1) is 12.8 Å². The Hall–Kier alpha value is -1.55. The van der Waals surface area contributed by atoms with Gasteiger partial charge in [-0.3, -0.25) is 4.79 Å². The molecule has 22 heavy (non-hydrogen) atoms. The summed E-state index contributed by atoms with van der Waals surface area (Å²) in [5.41, 5.74) is 0.946. The van der Waals surface area contributed by atoms with E-state index in [1.54, 1.807) is 6.07 Å². The van der Waals surface area contributed by atoms with Gasteiger partial charge in [0.1, 0.15) is 5.54 Å². The fourth-order valence-electron chi connectivity index (χ4n) is 3.12. The van der Waals surface area contributed by atoms with Gasteiger partial charge < -0.3 is 10.1 Å². The number of carbonyl (C=O) groups excluding carboxylic acids is 2. The topological polar surface area (TPSA) is 55.4 Å². The minimum absolute atomic E-state index is 0.0863. The van der Waals surface area contributed by atoms with E-state index in [1.807, 2.05) is 26.0 Å². The normalized spacial score (nSPS) is 24.6. The average Bonchev–Trinajstić information content (AvgIpc) is 2.43. The Morgan fingerprint density at radius 2 is 2.09 bits per heavy atom. The maximum absolute atomic E-state index is 12.6. The van der Waals surface area contributed by atoms with Gasteiger partial charge in [-0.15, -0.1) is 0 Å². The minimum Gasteiger partial charge on any atom is -0.392 e. The van der Waals surface area contributed by atoms with Gasteiger partial charge in [0.2, 0.25) is 0 Å². The van der Waals surface area contributed by atoms with Crippen LogP contribution in [0.2, 0.25) is 5.02 Å².